The predicted octanol–water partition coefficient (Wildman–Crippen LogP) is 4.01. The summed E-state index contributed by atoms with van der Waals surface area (Å²) in [6.45, 7) is 5.31. The van der Waals surface area contributed by atoms with E-state index >= 15 is 0 Å². The topological polar surface area (TPSA) is 3.24 Å². The molecule has 1 aliphatic heterocycles. The molecule has 0 bridgehead atoms. The van der Waals surface area contributed by atoms with Crippen LogP contribution < -0.4 is 0 Å². The molecule has 0 N–H and O–H groups in total. The van der Waals surface area contributed by atoms with E-state index in [1.807, 2.05) is 12.1 Å². The first kappa shape index (κ1) is 12.4. The van der Waals surface area contributed by atoms with Crippen LogP contribution in [-0.4, -0.2) is 24.5 Å². The van der Waals surface area contributed by atoms with Crippen molar-refractivity contribution in [3.63, 3.8) is 0 Å². The van der Waals surface area contributed by atoms with E-state index in [0.717, 1.165) is 31.1 Å². The zero-order valence-electron chi connectivity index (χ0n) is 10.2. The monoisotopic (exact) mass is 247 g/mol. The predicted molar refractivity (Wildman–Crippen MR) is 75.3 cm³/mol. The number of benzene rings is 1. The molecule has 1 aromatic carbocycles. The zero-order chi connectivity index (χ0) is 12.1. The van der Waals surface area contributed by atoms with Crippen LogP contribution in [0.25, 0.3) is 5.57 Å². The highest BCUT2D eigenvalue weighted by Gasteiger charge is 2.11. The summed E-state index contributed by atoms with van der Waals surface area (Å²) in [6.07, 6.45) is 7.77. The van der Waals surface area contributed by atoms with Gasteiger partial charge in [-0.15, -0.1) is 0 Å². The molecule has 0 radical (unpaired) electrons. The van der Waals surface area contributed by atoms with E-state index in [4.69, 9.17) is 11.6 Å². The summed E-state index contributed by atoms with van der Waals surface area (Å²) in [6, 6.07) is 8.14. The lowest BCUT2D eigenvalue weighted by molar-refractivity contribution is 0.334. The summed E-state index contributed by atoms with van der Waals surface area (Å²) in [7, 11) is 0. The van der Waals surface area contributed by atoms with Crippen LogP contribution in [-0.2, 0) is 0 Å². The van der Waals surface area contributed by atoms with Gasteiger partial charge in [-0.1, -0.05) is 42.0 Å². The summed E-state index contributed by atoms with van der Waals surface area (Å²) >= 11 is 5.90. The lowest BCUT2D eigenvalue weighted by atomic mass is 9.99. The Morgan fingerprint density at radius 2 is 2.06 bits per heavy atom. The van der Waals surface area contributed by atoms with Crippen LogP contribution in [0.4, 0.5) is 0 Å². The first-order valence-electron chi connectivity index (χ1n) is 6.08. The maximum atomic E-state index is 5.90. The SMILES string of the molecule is CC=CCN1CC=C(c2ccc(Cl)cc2)CC1. The van der Waals surface area contributed by atoms with Gasteiger partial charge in [0.05, 0.1) is 0 Å². The van der Waals surface area contributed by atoms with E-state index in [2.05, 4.69) is 42.2 Å². The molecule has 0 fully saturated rings. The summed E-state index contributed by atoms with van der Waals surface area (Å²) in [5.41, 5.74) is 2.75. The quantitative estimate of drug-likeness (QED) is 0.730. The Kier molecular flexibility index (Phi) is 4.41. The maximum absolute atomic E-state index is 5.90. The number of halogens is 1. The number of rotatable bonds is 3. The standard InChI is InChI=1S/C15H18ClN/c1-2-3-10-17-11-8-14(9-12-17)13-4-6-15(16)7-5-13/h2-8H,9-12H2,1H3. The van der Waals surface area contributed by atoms with Crippen molar-refractivity contribution in [1.29, 1.82) is 0 Å². The molecule has 0 aliphatic carbocycles. The summed E-state index contributed by atoms with van der Waals surface area (Å²) in [4.78, 5) is 2.44. The van der Waals surface area contributed by atoms with Gasteiger partial charge >= 0.3 is 0 Å². The molecule has 0 spiro atoms. The molecule has 0 saturated carbocycles. The largest absolute Gasteiger partial charge is 0.296 e. The molecular formula is C15H18ClN. The van der Waals surface area contributed by atoms with Crippen LogP contribution in [0, 0.1) is 0 Å². The smallest absolute Gasteiger partial charge is 0.0406 e. The van der Waals surface area contributed by atoms with Gasteiger partial charge in [0.1, 0.15) is 0 Å². The fourth-order valence-corrected chi connectivity index (χ4v) is 2.18. The molecule has 2 heteroatoms. The highest BCUT2D eigenvalue weighted by atomic mass is 35.5. The van der Waals surface area contributed by atoms with Gasteiger partial charge in [-0.2, -0.15) is 0 Å². The Hall–Kier alpha value is -1.05. The minimum Gasteiger partial charge on any atom is -0.296 e. The minimum absolute atomic E-state index is 0.805. The normalized spacial score (nSPS) is 17.4. The molecule has 1 nitrogen and oxygen atoms in total. The van der Waals surface area contributed by atoms with Gasteiger partial charge in [-0.05, 0) is 36.6 Å². The lowest BCUT2D eigenvalue weighted by Crippen LogP contribution is -2.28. The third-order valence-electron chi connectivity index (χ3n) is 3.11. The summed E-state index contributed by atoms with van der Waals surface area (Å²) in [5.74, 6) is 0. The van der Waals surface area contributed by atoms with Gasteiger partial charge < -0.3 is 0 Å². The first-order chi connectivity index (χ1) is 8.29. The average Bonchev–Trinajstić information content (AvgIpc) is 2.38. The second-order valence-corrected chi connectivity index (χ2v) is 4.75. The van der Waals surface area contributed by atoms with Crippen molar-refractivity contribution in [2.45, 2.75) is 13.3 Å². The van der Waals surface area contributed by atoms with Crippen molar-refractivity contribution >= 4 is 17.2 Å². The molecule has 0 amide bonds. The molecule has 17 heavy (non-hydrogen) atoms. The fourth-order valence-electron chi connectivity index (χ4n) is 2.06. The lowest BCUT2D eigenvalue weighted by Gasteiger charge is -2.25. The summed E-state index contributed by atoms with van der Waals surface area (Å²) < 4.78 is 0. The third-order valence-corrected chi connectivity index (χ3v) is 3.36. The Morgan fingerprint density at radius 1 is 1.29 bits per heavy atom. The van der Waals surface area contributed by atoms with Gasteiger partial charge in [-0.3, -0.25) is 4.90 Å². The molecule has 1 aromatic rings. The van der Waals surface area contributed by atoms with E-state index in [9.17, 15) is 0 Å². The number of hydrogen-bond acceptors (Lipinski definition) is 1. The molecule has 0 atom stereocenters. The van der Waals surface area contributed by atoms with Crippen molar-refractivity contribution in [3.8, 4) is 0 Å². The summed E-state index contributed by atoms with van der Waals surface area (Å²) in [5, 5.41) is 0.805. The van der Waals surface area contributed by atoms with Crippen LogP contribution >= 0.6 is 11.6 Å². The van der Waals surface area contributed by atoms with Crippen LogP contribution in [0.1, 0.15) is 18.9 Å². The van der Waals surface area contributed by atoms with E-state index in [1.165, 1.54) is 11.1 Å². The van der Waals surface area contributed by atoms with Crippen molar-refractivity contribution < 1.29 is 0 Å². The molecule has 0 saturated heterocycles. The van der Waals surface area contributed by atoms with Crippen molar-refractivity contribution in [3.05, 3.63) is 53.1 Å². The van der Waals surface area contributed by atoms with Crippen LogP contribution in [0.3, 0.4) is 0 Å². The van der Waals surface area contributed by atoms with Crippen molar-refractivity contribution in [2.24, 2.45) is 0 Å². The first-order valence-corrected chi connectivity index (χ1v) is 6.46. The van der Waals surface area contributed by atoms with Gasteiger partial charge in [0.25, 0.3) is 0 Å². The molecule has 1 aliphatic rings. The molecule has 90 valence electrons. The van der Waals surface area contributed by atoms with E-state index in [0.29, 0.717) is 0 Å². The van der Waals surface area contributed by atoms with E-state index < -0.39 is 0 Å². The van der Waals surface area contributed by atoms with Gasteiger partial charge in [0.15, 0.2) is 0 Å². The minimum atomic E-state index is 0.805. The van der Waals surface area contributed by atoms with Gasteiger partial charge in [0.2, 0.25) is 0 Å². The molecule has 1 heterocycles. The Morgan fingerprint density at radius 3 is 2.65 bits per heavy atom. The van der Waals surface area contributed by atoms with Crippen LogP contribution in [0.2, 0.25) is 5.02 Å². The van der Waals surface area contributed by atoms with Crippen molar-refractivity contribution in [1.82, 2.24) is 4.90 Å². The third kappa shape index (κ3) is 3.45. The highest BCUT2D eigenvalue weighted by molar-refractivity contribution is 6.30. The number of nitrogens with zero attached hydrogens (tertiary/aromatic N) is 1. The average molecular weight is 248 g/mol. The Balaban J connectivity index is 2.00. The molecule has 0 aromatic heterocycles. The second kappa shape index (κ2) is 6.04. The Labute approximate surface area is 108 Å². The molecular weight excluding hydrogens is 230 g/mol. The Bertz CT molecular complexity index is 417. The maximum Gasteiger partial charge on any atom is 0.0406 e. The molecule has 0 unspecified atom stereocenters. The number of allylic oxidation sites excluding steroid dienone is 1. The van der Waals surface area contributed by atoms with E-state index in [-0.39, 0.29) is 0 Å². The number of hydrogen-bond donors (Lipinski definition) is 0. The fraction of sp³-hybridized carbons (Fsp3) is 0.333. The van der Waals surface area contributed by atoms with E-state index in [1.54, 1.807) is 0 Å². The highest BCUT2D eigenvalue weighted by Crippen LogP contribution is 2.23. The zero-order valence-corrected chi connectivity index (χ0v) is 11.0. The second-order valence-electron chi connectivity index (χ2n) is 4.31. The van der Waals surface area contributed by atoms with Gasteiger partial charge in [-0.25, -0.2) is 0 Å². The molecule has 2 rings (SSSR count). The van der Waals surface area contributed by atoms with Gasteiger partial charge in [0, 0.05) is 24.7 Å². The van der Waals surface area contributed by atoms with Crippen molar-refractivity contribution in [2.75, 3.05) is 19.6 Å². The van der Waals surface area contributed by atoms with Crippen LogP contribution in [0.5, 0.6) is 0 Å². The van der Waals surface area contributed by atoms with Crippen LogP contribution in [0.15, 0.2) is 42.5 Å².